The molecule has 0 N–H and O–H groups in total. The van der Waals surface area contributed by atoms with Crippen LogP contribution in [0.2, 0.25) is 10.3 Å². The molecular formula is C10H15Cl2N3O. The number of aromatic nitrogens is 2. The monoisotopic (exact) mass is 263 g/mol. The van der Waals surface area contributed by atoms with Crippen molar-refractivity contribution in [3.05, 3.63) is 16.5 Å². The molecule has 0 aliphatic heterocycles. The third-order valence-electron chi connectivity index (χ3n) is 2.05. The molecule has 0 fully saturated rings. The summed E-state index contributed by atoms with van der Waals surface area (Å²) in [5, 5.41) is 0.715. The SMILES string of the molecule is CCCN(CCOC)c1nc(Cl)ncc1Cl. The maximum Gasteiger partial charge on any atom is 0.224 e. The quantitative estimate of drug-likeness (QED) is 0.740. The van der Waals surface area contributed by atoms with Crippen LogP contribution in [0.5, 0.6) is 0 Å². The van der Waals surface area contributed by atoms with Crippen molar-refractivity contribution in [3.63, 3.8) is 0 Å². The zero-order chi connectivity index (χ0) is 12.0. The second-order valence-corrected chi connectivity index (χ2v) is 4.04. The molecule has 0 aliphatic rings. The minimum Gasteiger partial charge on any atom is -0.383 e. The van der Waals surface area contributed by atoms with Crippen LogP contribution in [0.1, 0.15) is 13.3 Å². The Balaban J connectivity index is 2.85. The van der Waals surface area contributed by atoms with Crippen molar-refractivity contribution in [2.24, 2.45) is 0 Å². The Morgan fingerprint density at radius 2 is 2.12 bits per heavy atom. The van der Waals surface area contributed by atoms with Crippen molar-refractivity contribution in [1.29, 1.82) is 0 Å². The number of halogens is 2. The van der Waals surface area contributed by atoms with E-state index in [4.69, 9.17) is 27.9 Å². The van der Waals surface area contributed by atoms with Crippen LogP contribution in [0.25, 0.3) is 0 Å². The number of hydrogen-bond acceptors (Lipinski definition) is 4. The summed E-state index contributed by atoms with van der Waals surface area (Å²) in [5.74, 6) is 0.667. The van der Waals surface area contributed by atoms with Crippen LogP contribution in [-0.2, 0) is 4.74 Å². The van der Waals surface area contributed by atoms with Gasteiger partial charge in [-0.05, 0) is 18.0 Å². The second-order valence-electron chi connectivity index (χ2n) is 3.29. The van der Waals surface area contributed by atoms with E-state index >= 15 is 0 Å². The number of hydrogen-bond donors (Lipinski definition) is 0. The van der Waals surface area contributed by atoms with Crippen molar-refractivity contribution >= 4 is 29.0 Å². The first-order valence-corrected chi connectivity index (χ1v) is 5.86. The van der Waals surface area contributed by atoms with E-state index in [1.54, 1.807) is 7.11 Å². The van der Waals surface area contributed by atoms with Crippen molar-refractivity contribution < 1.29 is 4.74 Å². The van der Waals surface area contributed by atoms with E-state index in [1.807, 2.05) is 4.90 Å². The summed E-state index contributed by atoms with van der Waals surface area (Å²) in [5.41, 5.74) is 0. The average molecular weight is 264 g/mol. The molecule has 1 rings (SSSR count). The molecule has 0 unspecified atom stereocenters. The number of anilines is 1. The van der Waals surface area contributed by atoms with E-state index in [2.05, 4.69) is 16.9 Å². The van der Waals surface area contributed by atoms with Gasteiger partial charge in [0.05, 0.1) is 12.8 Å². The predicted molar refractivity (Wildman–Crippen MR) is 66.4 cm³/mol. The Morgan fingerprint density at radius 1 is 1.38 bits per heavy atom. The fraction of sp³-hybridized carbons (Fsp3) is 0.600. The Labute approximate surface area is 106 Å². The molecule has 0 aromatic carbocycles. The van der Waals surface area contributed by atoms with Gasteiger partial charge in [-0.3, -0.25) is 0 Å². The Kier molecular flexibility index (Phi) is 5.80. The predicted octanol–water partition coefficient (Wildman–Crippen LogP) is 2.65. The summed E-state index contributed by atoms with van der Waals surface area (Å²) in [6, 6.07) is 0. The first-order chi connectivity index (χ1) is 7.69. The minimum atomic E-state index is 0.206. The molecule has 16 heavy (non-hydrogen) atoms. The van der Waals surface area contributed by atoms with Crippen LogP contribution < -0.4 is 4.90 Å². The fourth-order valence-corrected chi connectivity index (χ4v) is 1.69. The molecule has 0 atom stereocenters. The molecule has 0 spiro atoms. The fourth-order valence-electron chi connectivity index (χ4n) is 1.35. The molecule has 1 aromatic rings. The van der Waals surface area contributed by atoms with E-state index in [0.717, 1.165) is 19.5 Å². The highest BCUT2D eigenvalue weighted by atomic mass is 35.5. The van der Waals surface area contributed by atoms with Crippen LogP contribution in [0.3, 0.4) is 0 Å². The highest BCUT2D eigenvalue weighted by molar-refractivity contribution is 6.33. The summed E-state index contributed by atoms with van der Waals surface area (Å²) in [4.78, 5) is 10.0. The first-order valence-electron chi connectivity index (χ1n) is 5.11. The van der Waals surface area contributed by atoms with Gasteiger partial charge < -0.3 is 9.64 Å². The summed E-state index contributed by atoms with van der Waals surface area (Å²) in [6.07, 6.45) is 2.52. The summed E-state index contributed by atoms with van der Waals surface area (Å²) >= 11 is 11.8. The topological polar surface area (TPSA) is 38.2 Å². The molecule has 6 heteroatoms. The van der Waals surface area contributed by atoms with E-state index < -0.39 is 0 Å². The molecule has 4 nitrogen and oxygen atoms in total. The van der Waals surface area contributed by atoms with Gasteiger partial charge in [-0.2, -0.15) is 4.98 Å². The number of methoxy groups -OCH3 is 1. The van der Waals surface area contributed by atoms with Gasteiger partial charge in [0.15, 0.2) is 5.82 Å². The summed E-state index contributed by atoms with van der Waals surface area (Å²) in [7, 11) is 1.67. The number of nitrogens with zero attached hydrogens (tertiary/aromatic N) is 3. The van der Waals surface area contributed by atoms with Gasteiger partial charge in [0.1, 0.15) is 5.02 Å². The third-order valence-corrected chi connectivity index (χ3v) is 2.50. The molecule has 90 valence electrons. The van der Waals surface area contributed by atoms with Gasteiger partial charge in [-0.15, -0.1) is 0 Å². The van der Waals surface area contributed by atoms with Crippen molar-refractivity contribution in [2.75, 3.05) is 31.7 Å². The van der Waals surface area contributed by atoms with Gasteiger partial charge in [0, 0.05) is 20.2 Å². The molecular weight excluding hydrogens is 249 g/mol. The van der Waals surface area contributed by atoms with Crippen LogP contribution in [0.4, 0.5) is 5.82 Å². The minimum absolute atomic E-state index is 0.206. The standard InChI is InChI=1S/C10H15Cl2N3O/c1-3-4-15(5-6-16-2)9-8(11)7-13-10(12)14-9/h7H,3-6H2,1-2H3. The maximum atomic E-state index is 6.04. The zero-order valence-corrected chi connectivity index (χ0v) is 10.9. The lowest BCUT2D eigenvalue weighted by Crippen LogP contribution is -2.29. The van der Waals surface area contributed by atoms with Gasteiger partial charge in [0.2, 0.25) is 5.28 Å². The lowest BCUT2D eigenvalue weighted by molar-refractivity contribution is 0.205. The van der Waals surface area contributed by atoms with Gasteiger partial charge in [-0.25, -0.2) is 4.98 Å². The van der Waals surface area contributed by atoms with E-state index in [0.29, 0.717) is 17.4 Å². The van der Waals surface area contributed by atoms with Gasteiger partial charge in [-0.1, -0.05) is 18.5 Å². The Bertz CT molecular complexity index is 336. The molecule has 0 aliphatic carbocycles. The third kappa shape index (κ3) is 3.77. The summed E-state index contributed by atoms with van der Waals surface area (Å²) < 4.78 is 5.05. The second kappa shape index (κ2) is 6.89. The zero-order valence-electron chi connectivity index (χ0n) is 9.41. The lowest BCUT2D eigenvalue weighted by atomic mass is 10.4. The van der Waals surface area contributed by atoms with Crippen LogP contribution in [0, 0.1) is 0 Å². The van der Waals surface area contributed by atoms with Crippen molar-refractivity contribution in [2.45, 2.75) is 13.3 Å². The number of ether oxygens (including phenoxy) is 1. The number of rotatable bonds is 6. The normalized spacial score (nSPS) is 10.5. The molecule has 0 saturated carbocycles. The maximum absolute atomic E-state index is 6.04. The smallest absolute Gasteiger partial charge is 0.224 e. The van der Waals surface area contributed by atoms with E-state index in [9.17, 15) is 0 Å². The highest BCUT2D eigenvalue weighted by Gasteiger charge is 2.12. The first kappa shape index (κ1) is 13.5. The highest BCUT2D eigenvalue weighted by Crippen LogP contribution is 2.23. The van der Waals surface area contributed by atoms with Gasteiger partial charge in [0.25, 0.3) is 0 Å². The average Bonchev–Trinajstić information content (AvgIpc) is 2.28. The van der Waals surface area contributed by atoms with Crippen LogP contribution >= 0.6 is 23.2 Å². The lowest BCUT2D eigenvalue weighted by Gasteiger charge is -2.23. The van der Waals surface area contributed by atoms with Crippen LogP contribution in [0.15, 0.2) is 6.20 Å². The molecule has 0 bridgehead atoms. The summed E-state index contributed by atoms with van der Waals surface area (Å²) in [6.45, 7) is 4.31. The van der Waals surface area contributed by atoms with Crippen LogP contribution in [-0.4, -0.2) is 36.8 Å². The Hall–Kier alpha value is -0.580. The van der Waals surface area contributed by atoms with Crippen molar-refractivity contribution in [1.82, 2.24) is 9.97 Å². The van der Waals surface area contributed by atoms with Crippen molar-refractivity contribution in [3.8, 4) is 0 Å². The Morgan fingerprint density at radius 3 is 2.75 bits per heavy atom. The molecule has 0 amide bonds. The van der Waals surface area contributed by atoms with E-state index in [1.165, 1.54) is 6.20 Å². The molecule has 1 aromatic heterocycles. The van der Waals surface area contributed by atoms with E-state index in [-0.39, 0.29) is 5.28 Å². The molecule has 1 heterocycles. The van der Waals surface area contributed by atoms with Gasteiger partial charge >= 0.3 is 0 Å². The molecule has 0 radical (unpaired) electrons. The largest absolute Gasteiger partial charge is 0.383 e. The molecule has 0 saturated heterocycles.